The molecule has 5 N–H and O–H groups in total. The Bertz CT molecular complexity index is 888. The van der Waals surface area contributed by atoms with E-state index in [1.807, 2.05) is 19.1 Å². The van der Waals surface area contributed by atoms with Crippen molar-refractivity contribution in [2.75, 3.05) is 17.7 Å². The second-order valence-electron chi connectivity index (χ2n) is 7.24. The maximum Gasteiger partial charge on any atom is 0.269 e. The van der Waals surface area contributed by atoms with Gasteiger partial charge in [0, 0.05) is 18.2 Å². The zero-order valence-electron chi connectivity index (χ0n) is 16.2. The second-order valence-corrected chi connectivity index (χ2v) is 7.24. The van der Waals surface area contributed by atoms with E-state index < -0.39 is 29.7 Å². The molecular formula is C20H24F3N5O. The minimum Gasteiger partial charge on any atom is -0.365 e. The van der Waals surface area contributed by atoms with Crippen molar-refractivity contribution < 1.29 is 18.0 Å². The van der Waals surface area contributed by atoms with Gasteiger partial charge < -0.3 is 21.7 Å². The smallest absolute Gasteiger partial charge is 0.269 e. The largest absolute Gasteiger partial charge is 0.365 e. The lowest BCUT2D eigenvalue weighted by molar-refractivity contribution is -0.0550. The van der Waals surface area contributed by atoms with Crippen LogP contribution < -0.4 is 21.7 Å². The number of nitrogens with two attached hydrogens (primary N) is 1. The number of halogens is 3. The molecule has 0 saturated heterocycles. The van der Waals surface area contributed by atoms with E-state index in [0.29, 0.717) is 18.5 Å². The van der Waals surface area contributed by atoms with Crippen LogP contribution in [-0.4, -0.2) is 35.9 Å². The molecule has 29 heavy (non-hydrogen) atoms. The standard InChI is InChI=1S/C20H24F3N5O/c1-11-5-7-12(8-6-11)26-18-13(17(24)29)10-14(21)19(28-18)27-16-15(25-2)4-3-9-20(16,22)23/h5-8,10,15-16,25H,3-4,9H2,1-2H3,(H2,24,29)(H2,26,27,28)/t15?,16-/m0/s1. The molecule has 2 aromatic rings. The number of amides is 1. The molecular weight excluding hydrogens is 383 g/mol. The molecule has 3 rings (SSSR count). The van der Waals surface area contributed by atoms with E-state index in [9.17, 15) is 18.0 Å². The molecule has 0 aliphatic heterocycles. The molecule has 0 bridgehead atoms. The number of benzene rings is 1. The van der Waals surface area contributed by atoms with Gasteiger partial charge in [-0.15, -0.1) is 0 Å². The van der Waals surface area contributed by atoms with E-state index >= 15 is 0 Å². The Labute approximate surface area is 167 Å². The van der Waals surface area contributed by atoms with Crippen LogP contribution in [0.15, 0.2) is 30.3 Å². The third-order valence-corrected chi connectivity index (χ3v) is 5.10. The minimum atomic E-state index is -3.03. The number of carbonyl (C=O) groups is 1. The second kappa shape index (κ2) is 8.28. The molecule has 1 aliphatic rings. The number of carbonyl (C=O) groups excluding carboxylic acids is 1. The number of rotatable bonds is 6. The first-order valence-corrected chi connectivity index (χ1v) is 9.37. The number of aromatic nitrogens is 1. The summed E-state index contributed by atoms with van der Waals surface area (Å²) < 4.78 is 43.5. The van der Waals surface area contributed by atoms with Gasteiger partial charge in [-0.05, 0) is 45.0 Å². The average molecular weight is 407 g/mol. The molecule has 1 saturated carbocycles. The van der Waals surface area contributed by atoms with Crippen LogP contribution in [0.2, 0.25) is 0 Å². The predicted octanol–water partition coefficient (Wildman–Crippen LogP) is 3.56. The summed E-state index contributed by atoms with van der Waals surface area (Å²) in [6.45, 7) is 1.92. The van der Waals surface area contributed by atoms with Crippen LogP contribution in [0.1, 0.15) is 35.2 Å². The van der Waals surface area contributed by atoms with E-state index in [-0.39, 0.29) is 23.6 Å². The highest BCUT2D eigenvalue weighted by Crippen LogP contribution is 2.36. The highest BCUT2D eigenvalue weighted by atomic mass is 19.3. The maximum absolute atomic E-state index is 14.6. The monoisotopic (exact) mass is 407 g/mol. The van der Waals surface area contributed by atoms with E-state index in [4.69, 9.17) is 5.73 Å². The van der Waals surface area contributed by atoms with E-state index in [1.54, 1.807) is 19.2 Å². The van der Waals surface area contributed by atoms with Gasteiger partial charge in [0.05, 0.1) is 5.56 Å². The minimum absolute atomic E-state index is 0.00890. The molecule has 2 atom stereocenters. The first-order valence-electron chi connectivity index (χ1n) is 9.37. The molecule has 156 valence electrons. The van der Waals surface area contributed by atoms with Crippen molar-refractivity contribution in [1.82, 2.24) is 10.3 Å². The third kappa shape index (κ3) is 4.61. The summed E-state index contributed by atoms with van der Waals surface area (Å²) in [6, 6.07) is 6.21. The molecule has 1 aliphatic carbocycles. The number of nitrogens with zero attached hydrogens (tertiary/aromatic N) is 1. The number of likely N-dealkylation sites (N-methyl/N-ethyl adjacent to an activating group) is 1. The van der Waals surface area contributed by atoms with Crippen LogP contribution in [0.5, 0.6) is 0 Å². The Morgan fingerprint density at radius 1 is 1.24 bits per heavy atom. The number of pyridine rings is 1. The normalized spacial score (nSPS) is 20.9. The van der Waals surface area contributed by atoms with Crippen LogP contribution in [0.4, 0.5) is 30.5 Å². The zero-order valence-corrected chi connectivity index (χ0v) is 16.2. The first kappa shape index (κ1) is 20.9. The number of primary amides is 1. The maximum atomic E-state index is 14.6. The van der Waals surface area contributed by atoms with Crippen LogP contribution in [-0.2, 0) is 0 Å². The van der Waals surface area contributed by atoms with Crippen LogP contribution >= 0.6 is 0 Å². The number of hydrogen-bond acceptors (Lipinski definition) is 5. The molecule has 1 aromatic carbocycles. The molecule has 6 nitrogen and oxygen atoms in total. The summed E-state index contributed by atoms with van der Waals surface area (Å²) in [5.74, 6) is -5.22. The van der Waals surface area contributed by atoms with Crippen molar-refractivity contribution in [3.63, 3.8) is 0 Å². The predicted molar refractivity (Wildman–Crippen MR) is 106 cm³/mol. The lowest BCUT2D eigenvalue weighted by Crippen LogP contribution is -2.56. The Balaban J connectivity index is 1.96. The van der Waals surface area contributed by atoms with Crippen molar-refractivity contribution in [2.24, 2.45) is 5.73 Å². The Hall–Kier alpha value is -2.81. The fourth-order valence-electron chi connectivity index (χ4n) is 3.49. The lowest BCUT2D eigenvalue weighted by atomic mass is 9.87. The summed E-state index contributed by atoms with van der Waals surface area (Å²) in [7, 11) is 1.59. The van der Waals surface area contributed by atoms with Crippen LogP contribution in [0.3, 0.4) is 0 Å². The average Bonchev–Trinajstić information content (AvgIpc) is 2.66. The Morgan fingerprint density at radius 3 is 2.55 bits per heavy atom. The summed E-state index contributed by atoms with van der Waals surface area (Å²) >= 11 is 0. The van der Waals surface area contributed by atoms with E-state index in [0.717, 1.165) is 11.6 Å². The van der Waals surface area contributed by atoms with Crippen molar-refractivity contribution in [1.29, 1.82) is 0 Å². The third-order valence-electron chi connectivity index (χ3n) is 5.10. The van der Waals surface area contributed by atoms with Gasteiger partial charge in [-0.1, -0.05) is 17.7 Å². The summed E-state index contributed by atoms with van der Waals surface area (Å²) in [6.07, 6.45) is 0.602. The number of anilines is 3. The van der Waals surface area contributed by atoms with E-state index in [2.05, 4.69) is 20.9 Å². The fraction of sp³-hybridized carbons (Fsp3) is 0.400. The number of nitrogens with one attached hydrogen (secondary N) is 3. The van der Waals surface area contributed by atoms with Gasteiger partial charge in [0.1, 0.15) is 11.9 Å². The highest BCUT2D eigenvalue weighted by molar-refractivity contribution is 5.98. The molecule has 0 spiro atoms. The number of hydrogen-bond donors (Lipinski definition) is 4. The topological polar surface area (TPSA) is 92.1 Å². The number of aryl methyl sites for hydroxylation is 1. The first-order chi connectivity index (χ1) is 13.7. The molecule has 1 unspecified atom stereocenters. The quantitative estimate of drug-likeness (QED) is 0.588. The molecule has 1 amide bonds. The number of alkyl halides is 2. The summed E-state index contributed by atoms with van der Waals surface area (Å²) in [4.78, 5) is 15.8. The lowest BCUT2D eigenvalue weighted by Gasteiger charge is -2.38. The molecule has 1 aromatic heterocycles. The Morgan fingerprint density at radius 2 is 1.93 bits per heavy atom. The van der Waals surface area contributed by atoms with Crippen molar-refractivity contribution in [3.8, 4) is 0 Å². The van der Waals surface area contributed by atoms with Gasteiger partial charge >= 0.3 is 0 Å². The molecule has 0 radical (unpaired) electrons. The van der Waals surface area contributed by atoms with Crippen molar-refractivity contribution in [2.45, 2.75) is 44.2 Å². The van der Waals surface area contributed by atoms with Crippen molar-refractivity contribution >= 4 is 23.2 Å². The van der Waals surface area contributed by atoms with Gasteiger partial charge in [-0.25, -0.2) is 18.2 Å². The van der Waals surface area contributed by atoms with Gasteiger partial charge in [-0.2, -0.15) is 0 Å². The van der Waals surface area contributed by atoms with Gasteiger partial charge in [0.2, 0.25) is 0 Å². The van der Waals surface area contributed by atoms with Gasteiger partial charge in [0.15, 0.2) is 11.6 Å². The van der Waals surface area contributed by atoms with Gasteiger partial charge in [0.25, 0.3) is 11.8 Å². The molecule has 9 heteroatoms. The van der Waals surface area contributed by atoms with Crippen LogP contribution in [0, 0.1) is 12.7 Å². The fourth-order valence-corrected chi connectivity index (χ4v) is 3.49. The SMILES string of the molecule is CNC1CCCC(F)(F)[C@H]1Nc1nc(Nc2ccc(C)cc2)c(C(N)=O)cc1F. The van der Waals surface area contributed by atoms with Gasteiger partial charge in [-0.3, -0.25) is 4.79 Å². The van der Waals surface area contributed by atoms with Crippen molar-refractivity contribution in [3.05, 3.63) is 47.3 Å². The summed E-state index contributed by atoms with van der Waals surface area (Å²) in [5, 5.41) is 8.32. The van der Waals surface area contributed by atoms with E-state index in [1.165, 1.54) is 0 Å². The Kier molecular flexibility index (Phi) is 5.97. The molecule has 1 heterocycles. The highest BCUT2D eigenvalue weighted by Gasteiger charge is 2.47. The molecule has 1 fully saturated rings. The van der Waals surface area contributed by atoms with Crippen LogP contribution in [0.25, 0.3) is 0 Å². The zero-order chi connectivity index (χ0) is 21.2. The summed E-state index contributed by atoms with van der Waals surface area (Å²) in [5.41, 5.74) is 6.80.